The van der Waals surface area contributed by atoms with Crippen molar-refractivity contribution in [2.24, 2.45) is 10.9 Å². The molecule has 1 fully saturated rings. The molecule has 0 radical (unpaired) electrons. The Kier molecular flexibility index (Phi) is 8.75. The predicted molar refractivity (Wildman–Crippen MR) is 131 cm³/mol. The minimum atomic E-state index is 0. The van der Waals surface area contributed by atoms with Crippen LogP contribution in [0.1, 0.15) is 50.5 Å². The largest absolute Gasteiger partial charge is 0.356 e. The number of benzene rings is 1. The van der Waals surface area contributed by atoms with Crippen LogP contribution in [0.25, 0.3) is 0 Å². The predicted octanol–water partition coefficient (Wildman–Crippen LogP) is 3.41. The second-order valence-electron chi connectivity index (χ2n) is 8.66. The molecular weight excluding hydrogens is 477 g/mol. The lowest BCUT2D eigenvalue weighted by Gasteiger charge is -2.45. The zero-order valence-electron chi connectivity index (χ0n) is 18.1. The van der Waals surface area contributed by atoms with Crippen LogP contribution >= 0.6 is 24.0 Å². The molecule has 3 rings (SSSR count). The number of guanidine groups is 1. The molecule has 0 saturated heterocycles. The number of nitrogens with zero attached hydrogens (tertiary/aromatic N) is 2. The highest BCUT2D eigenvalue weighted by atomic mass is 127. The number of aliphatic imine (C=N–C) groups is 1. The van der Waals surface area contributed by atoms with Crippen molar-refractivity contribution in [3.8, 4) is 0 Å². The number of amides is 1. The summed E-state index contributed by atoms with van der Waals surface area (Å²) in [5, 5.41) is 9.96. The molecule has 1 aliphatic heterocycles. The van der Waals surface area contributed by atoms with Crippen molar-refractivity contribution < 1.29 is 4.79 Å². The normalized spacial score (nSPS) is 26.9. The quantitative estimate of drug-likeness (QED) is 0.321. The number of fused-ring (bicyclic) bond motifs is 1. The summed E-state index contributed by atoms with van der Waals surface area (Å²) in [6.07, 6.45) is 5.53. The third-order valence-corrected chi connectivity index (χ3v) is 6.45. The first-order chi connectivity index (χ1) is 13.4. The van der Waals surface area contributed by atoms with Gasteiger partial charge in [0.1, 0.15) is 0 Å². The number of carbonyl (C=O) groups excluding carboxylic acids is 1. The fourth-order valence-electron chi connectivity index (χ4n) is 4.73. The third-order valence-electron chi connectivity index (χ3n) is 6.45. The molecule has 1 saturated carbocycles. The van der Waals surface area contributed by atoms with Gasteiger partial charge in [-0.3, -0.25) is 9.79 Å². The van der Waals surface area contributed by atoms with Crippen molar-refractivity contribution in [2.45, 2.75) is 50.5 Å². The van der Waals surface area contributed by atoms with Crippen molar-refractivity contribution in [1.29, 1.82) is 0 Å². The zero-order chi connectivity index (χ0) is 20.1. The second kappa shape index (κ2) is 10.6. The molecule has 0 bridgehead atoms. The van der Waals surface area contributed by atoms with E-state index in [0.29, 0.717) is 13.0 Å². The highest BCUT2D eigenvalue weighted by molar-refractivity contribution is 14.0. The number of carbonyl (C=O) groups is 1. The van der Waals surface area contributed by atoms with Gasteiger partial charge in [0.25, 0.3) is 0 Å². The maximum atomic E-state index is 12.0. The van der Waals surface area contributed by atoms with E-state index in [1.54, 1.807) is 0 Å². The number of hydrogen-bond donors (Lipinski definition) is 3. The van der Waals surface area contributed by atoms with Crippen LogP contribution in [-0.4, -0.2) is 56.5 Å². The number of nitrogens with one attached hydrogen (secondary N) is 3. The monoisotopic (exact) mass is 513 g/mol. The molecular formula is C22H36IN5O. The highest BCUT2D eigenvalue weighted by Crippen LogP contribution is 2.35. The lowest BCUT2D eigenvalue weighted by Crippen LogP contribution is -2.56. The van der Waals surface area contributed by atoms with Crippen LogP contribution in [0.5, 0.6) is 0 Å². The lowest BCUT2D eigenvalue weighted by molar-refractivity contribution is -0.116. The van der Waals surface area contributed by atoms with E-state index in [4.69, 9.17) is 0 Å². The summed E-state index contributed by atoms with van der Waals surface area (Å²) >= 11 is 0. The highest BCUT2D eigenvalue weighted by Gasteiger charge is 2.37. The maximum absolute atomic E-state index is 12.0. The third kappa shape index (κ3) is 5.84. The van der Waals surface area contributed by atoms with Gasteiger partial charge in [0.2, 0.25) is 5.91 Å². The van der Waals surface area contributed by atoms with Crippen LogP contribution in [0.2, 0.25) is 0 Å². The second-order valence-corrected chi connectivity index (χ2v) is 8.66. The Hall–Kier alpha value is -1.35. The summed E-state index contributed by atoms with van der Waals surface area (Å²) in [4.78, 5) is 18.8. The van der Waals surface area contributed by atoms with Gasteiger partial charge in [-0.1, -0.05) is 38.0 Å². The Morgan fingerprint density at radius 3 is 2.76 bits per heavy atom. The van der Waals surface area contributed by atoms with Crippen molar-refractivity contribution in [2.75, 3.05) is 39.5 Å². The molecule has 2 aliphatic rings. The number of anilines is 1. The van der Waals surface area contributed by atoms with E-state index in [2.05, 4.69) is 52.9 Å². The number of likely N-dealkylation sites (N-methyl/N-ethyl adjacent to an activating group) is 1. The Labute approximate surface area is 192 Å². The average Bonchev–Trinajstić information content (AvgIpc) is 2.67. The van der Waals surface area contributed by atoms with E-state index in [1.165, 1.54) is 31.2 Å². The molecule has 6 nitrogen and oxygen atoms in total. The van der Waals surface area contributed by atoms with Crippen LogP contribution in [0.4, 0.5) is 5.69 Å². The van der Waals surface area contributed by atoms with E-state index < -0.39 is 0 Å². The van der Waals surface area contributed by atoms with E-state index >= 15 is 0 Å². The summed E-state index contributed by atoms with van der Waals surface area (Å²) in [6, 6.07) is 8.06. The number of hydrogen-bond acceptors (Lipinski definition) is 3. The Bertz CT molecular complexity index is 723. The summed E-state index contributed by atoms with van der Waals surface area (Å²) in [6.45, 7) is 3.93. The van der Waals surface area contributed by atoms with E-state index in [-0.39, 0.29) is 41.3 Å². The molecule has 3 N–H and O–H groups in total. The van der Waals surface area contributed by atoms with Gasteiger partial charge in [-0.05, 0) is 44.5 Å². The molecule has 3 unspecified atom stereocenters. The van der Waals surface area contributed by atoms with Gasteiger partial charge in [0.05, 0.1) is 0 Å². The molecule has 162 valence electrons. The van der Waals surface area contributed by atoms with E-state index in [9.17, 15) is 4.79 Å². The first-order valence-electron chi connectivity index (χ1n) is 10.4. The van der Waals surface area contributed by atoms with Gasteiger partial charge in [-0.25, -0.2) is 0 Å². The first kappa shape index (κ1) is 23.9. The van der Waals surface area contributed by atoms with Crippen molar-refractivity contribution >= 4 is 41.5 Å². The van der Waals surface area contributed by atoms with Crippen LogP contribution in [0, 0.1) is 5.92 Å². The van der Waals surface area contributed by atoms with Gasteiger partial charge < -0.3 is 20.9 Å². The van der Waals surface area contributed by atoms with Crippen LogP contribution < -0.4 is 16.0 Å². The lowest BCUT2D eigenvalue weighted by atomic mass is 9.75. The van der Waals surface area contributed by atoms with Gasteiger partial charge in [0, 0.05) is 43.7 Å². The molecule has 7 heteroatoms. The number of halogens is 1. The van der Waals surface area contributed by atoms with Crippen molar-refractivity contribution in [1.82, 2.24) is 15.5 Å². The molecule has 29 heavy (non-hydrogen) atoms. The fourth-order valence-corrected chi connectivity index (χ4v) is 4.73. The van der Waals surface area contributed by atoms with Crippen LogP contribution in [0.3, 0.4) is 0 Å². The summed E-state index contributed by atoms with van der Waals surface area (Å²) in [5.74, 6) is 1.80. The van der Waals surface area contributed by atoms with E-state index in [1.807, 2.05) is 25.2 Å². The van der Waals surface area contributed by atoms with Crippen molar-refractivity contribution in [3.63, 3.8) is 0 Å². The fraction of sp³-hybridized carbons (Fsp3) is 0.636. The topological polar surface area (TPSA) is 68.8 Å². The minimum absolute atomic E-state index is 0. The maximum Gasteiger partial charge on any atom is 0.225 e. The zero-order valence-corrected chi connectivity index (χ0v) is 20.5. The molecule has 1 aromatic carbocycles. The average molecular weight is 513 g/mol. The summed E-state index contributed by atoms with van der Waals surface area (Å²) in [7, 11) is 6.18. The molecule has 1 heterocycles. The standard InChI is InChI=1S/C22H35N5O.HI/c1-16-8-7-11-22(13-16,27(3)4)15-25-21(23-2)24-14-17-12-20(28)26-19-10-6-5-9-18(17)19;/h5-6,9-10,16-17H,7-8,11-15H2,1-4H3,(H,26,28)(H2,23,24,25);1H. The summed E-state index contributed by atoms with van der Waals surface area (Å²) < 4.78 is 0. The Morgan fingerprint density at radius 1 is 1.31 bits per heavy atom. The molecule has 1 aliphatic carbocycles. The molecule has 3 atom stereocenters. The van der Waals surface area contributed by atoms with Gasteiger partial charge in [-0.2, -0.15) is 0 Å². The van der Waals surface area contributed by atoms with Crippen molar-refractivity contribution in [3.05, 3.63) is 29.8 Å². The molecule has 1 amide bonds. The van der Waals surface area contributed by atoms with Gasteiger partial charge in [-0.15, -0.1) is 24.0 Å². The van der Waals surface area contributed by atoms with Crippen LogP contribution in [0.15, 0.2) is 29.3 Å². The van der Waals surface area contributed by atoms with Gasteiger partial charge in [0.15, 0.2) is 5.96 Å². The first-order valence-corrected chi connectivity index (χ1v) is 10.4. The molecule has 0 aromatic heterocycles. The number of para-hydroxylation sites is 1. The minimum Gasteiger partial charge on any atom is -0.356 e. The number of rotatable bonds is 5. The molecule has 0 spiro atoms. The Balaban J connectivity index is 0.00000300. The molecule has 1 aromatic rings. The van der Waals surface area contributed by atoms with E-state index in [0.717, 1.165) is 24.1 Å². The smallest absolute Gasteiger partial charge is 0.225 e. The van der Waals surface area contributed by atoms with Crippen LogP contribution in [-0.2, 0) is 4.79 Å². The summed E-state index contributed by atoms with van der Waals surface area (Å²) in [5.41, 5.74) is 2.29. The van der Waals surface area contributed by atoms with Gasteiger partial charge >= 0.3 is 0 Å². The Morgan fingerprint density at radius 2 is 2.07 bits per heavy atom. The SMILES string of the molecule is CN=C(NCC1CC(=O)Nc2ccccc21)NCC1(N(C)C)CCCC(C)C1.I.